The average molecular weight is 360 g/mol. The van der Waals surface area contributed by atoms with Gasteiger partial charge in [0.25, 0.3) is 0 Å². The lowest BCUT2D eigenvalue weighted by Gasteiger charge is -2.24. The highest BCUT2D eigenvalue weighted by Crippen LogP contribution is 2.51. The molecule has 2 unspecified atom stereocenters. The number of hydrogen-bond acceptors (Lipinski definition) is 4. The Kier molecular flexibility index (Phi) is 5.28. The summed E-state index contributed by atoms with van der Waals surface area (Å²) in [7, 11) is 1.65. The predicted octanol–water partition coefficient (Wildman–Crippen LogP) is 4.36. The molecule has 132 valence electrons. The lowest BCUT2D eigenvalue weighted by molar-refractivity contribution is 0.0991. The van der Waals surface area contributed by atoms with E-state index in [0.29, 0.717) is 12.3 Å². The zero-order valence-corrected chi connectivity index (χ0v) is 15.1. The van der Waals surface area contributed by atoms with Gasteiger partial charge in [-0.1, -0.05) is 6.42 Å². The van der Waals surface area contributed by atoms with Crippen molar-refractivity contribution < 1.29 is 14.3 Å². The van der Waals surface area contributed by atoms with Gasteiger partial charge in [0.05, 0.1) is 7.11 Å². The fourth-order valence-electron chi connectivity index (χ4n) is 3.97. The molecule has 2 heterocycles. The van der Waals surface area contributed by atoms with Crippen LogP contribution in [0.25, 0.3) is 0 Å². The molecule has 2 atom stereocenters. The van der Waals surface area contributed by atoms with E-state index in [9.17, 15) is 4.79 Å². The minimum atomic E-state index is 0. The van der Waals surface area contributed by atoms with Crippen molar-refractivity contribution in [1.82, 2.24) is 4.98 Å². The molecule has 0 N–H and O–H groups in total. The maximum atomic E-state index is 12.9. The van der Waals surface area contributed by atoms with Crippen molar-refractivity contribution in [2.75, 3.05) is 7.11 Å². The number of methoxy groups -OCH3 is 1. The number of ether oxygens (including phenoxy) is 2. The molecule has 0 radical (unpaired) electrons. The molecule has 1 fully saturated rings. The largest absolute Gasteiger partial charge is 0.493 e. The predicted molar refractivity (Wildman–Crippen MR) is 98.1 cm³/mol. The second-order valence-electron chi connectivity index (χ2n) is 6.56. The van der Waals surface area contributed by atoms with E-state index < -0.39 is 0 Å². The molecule has 4 nitrogen and oxygen atoms in total. The first-order valence-corrected chi connectivity index (χ1v) is 8.57. The Balaban J connectivity index is 0.00000182. The number of rotatable bonds is 4. The molecular formula is C20H22ClNO3. The molecular weight excluding hydrogens is 338 g/mol. The van der Waals surface area contributed by atoms with Crippen LogP contribution in [0.5, 0.6) is 11.5 Å². The Bertz CT molecular complexity index is 763. The van der Waals surface area contributed by atoms with Gasteiger partial charge in [0.15, 0.2) is 17.3 Å². The van der Waals surface area contributed by atoms with Gasteiger partial charge in [-0.05, 0) is 49.1 Å². The van der Waals surface area contributed by atoms with Crippen molar-refractivity contribution in [3.63, 3.8) is 0 Å². The quantitative estimate of drug-likeness (QED) is 0.761. The fraction of sp³-hybridized carbons (Fsp3) is 0.400. The topological polar surface area (TPSA) is 48.4 Å². The summed E-state index contributed by atoms with van der Waals surface area (Å²) in [6.45, 7) is 0. The molecule has 1 saturated carbocycles. The molecule has 0 amide bonds. The lowest BCUT2D eigenvalue weighted by Crippen LogP contribution is -2.23. The Morgan fingerprint density at radius 2 is 1.96 bits per heavy atom. The van der Waals surface area contributed by atoms with Crippen molar-refractivity contribution in [3.05, 3.63) is 53.3 Å². The summed E-state index contributed by atoms with van der Waals surface area (Å²) >= 11 is 0. The lowest BCUT2D eigenvalue weighted by atomic mass is 9.80. The number of pyridine rings is 1. The molecule has 0 bridgehead atoms. The SMILES string of the molecule is COc1ccc(C(=O)Cc2ccncc2)c2c1OC1CCCCC21.Cl. The second kappa shape index (κ2) is 7.44. The molecule has 2 aromatic rings. The van der Waals surface area contributed by atoms with Crippen LogP contribution in [0.3, 0.4) is 0 Å². The summed E-state index contributed by atoms with van der Waals surface area (Å²) in [5.74, 6) is 1.98. The van der Waals surface area contributed by atoms with E-state index >= 15 is 0 Å². The number of Topliss-reactive ketones (excluding diaryl/α,β-unsaturated/α-hetero) is 1. The van der Waals surface area contributed by atoms with Gasteiger partial charge in [-0.3, -0.25) is 9.78 Å². The number of aromatic nitrogens is 1. The molecule has 1 aliphatic carbocycles. The van der Waals surface area contributed by atoms with Gasteiger partial charge in [0.2, 0.25) is 0 Å². The molecule has 0 saturated heterocycles. The number of hydrogen-bond donors (Lipinski definition) is 0. The molecule has 0 spiro atoms. The molecule has 2 aliphatic rings. The van der Waals surface area contributed by atoms with Gasteiger partial charge in [0, 0.05) is 35.9 Å². The number of nitrogens with zero attached hydrogens (tertiary/aromatic N) is 1. The Hall–Kier alpha value is -2.07. The second-order valence-corrected chi connectivity index (χ2v) is 6.56. The molecule has 4 rings (SSSR count). The van der Waals surface area contributed by atoms with E-state index in [2.05, 4.69) is 4.98 Å². The van der Waals surface area contributed by atoms with Crippen LogP contribution in [0.1, 0.15) is 53.1 Å². The number of carbonyl (C=O) groups excluding carboxylic acids is 1. The van der Waals surface area contributed by atoms with E-state index in [1.165, 1.54) is 12.8 Å². The van der Waals surface area contributed by atoms with Gasteiger partial charge in [-0.15, -0.1) is 12.4 Å². The molecule has 1 aromatic heterocycles. The van der Waals surface area contributed by atoms with Crippen LogP contribution >= 0.6 is 12.4 Å². The normalized spacial score (nSPS) is 20.7. The van der Waals surface area contributed by atoms with E-state index in [4.69, 9.17) is 9.47 Å². The van der Waals surface area contributed by atoms with Crippen molar-refractivity contribution in [1.29, 1.82) is 0 Å². The van der Waals surface area contributed by atoms with Gasteiger partial charge in [-0.2, -0.15) is 0 Å². The van der Waals surface area contributed by atoms with E-state index in [-0.39, 0.29) is 24.3 Å². The van der Waals surface area contributed by atoms with E-state index in [1.54, 1.807) is 19.5 Å². The smallest absolute Gasteiger partial charge is 0.167 e. The minimum absolute atomic E-state index is 0. The van der Waals surface area contributed by atoms with Crippen LogP contribution in [-0.4, -0.2) is 24.0 Å². The summed E-state index contributed by atoms with van der Waals surface area (Å²) in [4.78, 5) is 16.9. The molecule has 1 aliphatic heterocycles. The summed E-state index contributed by atoms with van der Waals surface area (Å²) in [6, 6.07) is 7.54. The molecule has 5 heteroatoms. The van der Waals surface area contributed by atoms with Crippen LogP contribution in [0.2, 0.25) is 0 Å². The number of halogens is 1. The summed E-state index contributed by atoms with van der Waals surface area (Å²) in [5.41, 5.74) is 2.84. The summed E-state index contributed by atoms with van der Waals surface area (Å²) in [5, 5.41) is 0. The number of ketones is 1. The number of benzene rings is 1. The van der Waals surface area contributed by atoms with Crippen molar-refractivity contribution in [2.45, 2.75) is 44.1 Å². The molecule has 1 aromatic carbocycles. The number of fused-ring (bicyclic) bond motifs is 3. The summed E-state index contributed by atoms with van der Waals surface area (Å²) in [6.07, 6.45) is 8.55. The monoisotopic (exact) mass is 359 g/mol. The first-order chi connectivity index (χ1) is 11.8. The maximum Gasteiger partial charge on any atom is 0.167 e. The van der Waals surface area contributed by atoms with E-state index in [1.807, 2.05) is 24.3 Å². The minimum Gasteiger partial charge on any atom is -0.493 e. The van der Waals surface area contributed by atoms with Gasteiger partial charge < -0.3 is 9.47 Å². The first-order valence-electron chi connectivity index (χ1n) is 8.57. The maximum absolute atomic E-state index is 12.9. The highest BCUT2D eigenvalue weighted by molar-refractivity contribution is 6.00. The first kappa shape index (κ1) is 17.7. The highest BCUT2D eigenvalue weighted by atomic mass is 35.5. The van der Waals surface area contributed by atoms with Crippen molar-refractivity contribution in [2.24, 2.45) is 0 Å². The zero-order chi connectivity index (χ0) is 16.5. The highest BCUT2D eigenvalue weighted by Gasteiger charge is 2.40. The van der Waals surface area contributed by atoms with Crippen molar-refractivity contribution >= 4 is 18.2 Å². The third-order valence-corrected chi connectivity index (χ3v) is 5.14. The van der Waals surface area contributed by atoms with E-state index in [0.717, 1.165) is 41.0 Å². The van der Waals surface area contributed by atoms with Crippen LogP contribution in [-0.2, 0) is 6.42 Å². The Morgan fingerprint density at radius 3 is 2.72 bits per heavy atom. The zero-order valence-electron chi connectivity index (χ0n) is 14.2. The van der Waals surface area contributed by atoms with Gasteiger partial charge in [-0.25, -0.2) is 0 Å². The van der Waals surface area contributed by atoms with Crippen molar-refractivity contribution in [3.8, 4) is 11.5 Å². The number of carbonyl (C=O) groups is 1. The Labute approximate surface area is 154 Å². The average Bonchev–Trinajstić information content (AvgIpc) is 3.01. The Morgan fingerprint density at radius 1 is 1.20 bits per heavy atom. The van der Waals surface area contributed by atoms with Crippen LogP contribution in [0, 0.1) is 0 Å². The fourth-order valence-corrected chi connectivity index (χ4v) is 3.97. The van der Waals surface area contributed by atoms with Crippen LogP contribution in [0.15, 0.2) is 36.7 Å². The third-order valence-electron chi connectivity index (χ3n) is 5.14. The van der Waals surface area contributed by atoms with Gasteiger partial charge >= 0.3 is 0 Å². The van der Waals surface area contributed by atoms with Crippen LogP contribution in [0.4, 0.5) is 0 Å². The van der Waals surface area contributed by atoms with Crippen LogP contribution < -0.4 is 9.47 Å². The standard InChI is InChI=1S/C20H21NO3.ClH/c1-23-18-7-6-14(16(22)12-13-8-10-21-11-9-13)19-15-4-2-3-5-17(15)24-20(18)19;/h6-11,15,17H,2-5,12H2,1H3;1H. The van der Waals surface area contributed by atoms with Gasteiger partial charge in [0.1, 0.15) is 6.10 Å². The third kappa shape index (κ3) is 3.23. The molecule has 25 heavy (non-hydrogen) atoms. The summed E-state index contributed by atoms with van der Waals surface area (Å²) < 4.78 is 11.7.